The van der Waals surface area contributed by atoms with Crippen LogP contribution >= 0.6 is 0 Å². The number of furan rings is 2. The first-order valence-corrected chi connectivity index (χ1v) is 10.7. The van der Waals surface area contributed by atoms with Gasteiger partial charge in [0, 0.05) is 0 Å². The third-order valence-corrected chi connectivity index (χ3v) is 5.63. The van der Waals surface area contributed by atoms with Crippen LogP contribution in [0.4, 0.5) is 0 Å². The van der Waals surface area contributed by atoms with Crippen molar-refractivity contribution in [3.8, 4) is 23.2 Å². The average Bonchev–Trinajstić information content (AvgIpc) is 3.61. The van der Waals surface area contributed by atoms with E-state index in [4.69, 9.17) is 8.83 Å². The van der Waals surface area contributed by atoms with E-state index >= 15 is 0 Å². The molecule has 4 heterocycles. The predicted octanol–water partition coefficient (Wildman–Crippen LogP) is 5.50. The van der Waals surface area contributed by atoms with Crippen molar-refractivity contribution in [1.82, 2.24) is 19.1 Å². The smallest absolute Gasteiger partial charge is 0.323 e. The Labute approximate surface area is 193 Å². The van der Waals surface area contributed by atoms with Gasteiger partial charge in [-0.1, -0.05) is 24.3 Å². The van der Waals surface area contributed by atoms with E-state index in [1.165, 1.54) is 9.13 Å². The molecule has 2 aromatic carbocycles. The van der Waals surface area contributed by atoms with E-state index in [1.807, 2.05) is 12.1 Å². The number of aromatic nitrogens is 4. The SMILES string of the molecule is Cc1ccc(-c2nc3ccccc3n2C(=O)C(=O)n2c(-c3ccc(C)o3)nc3ccccc32)o1. The molecule has 0 bridgehead atoms. The van der Waals surface area contributed by atoms with Crippen LogP contribution < -0.4 is 0 Å². The van der Waals surface area contributed by atoms with Crippen LogP contribution in [0.15, 0.2) is 81.6 Å². The number of carbonyl (C=O) groups is 2. The van der Waals surface area contributed by atoms with Gasteiger partial charge in [-0.3, -0.25) is 18.7 Å². The summed E-state index contributed by atoms with van der Waals surface area (Å²) in [6, 6.07) is 21.3. The number of imidazole rings is 2. The lowest BCUT2D eigenvalue weighted by molar-refractivity contribution is 0.0723. The zero-order valence-corrected chi connectivity index (χ0v) is 18.4. The van der Waals surface area contributed by atoms with Crippen LogP contribution in [0.3, 0.4) is 0 Å². The van der Waals surface area contributed by atoms with Crippen molar-refractivity contribution < 1.29 is 18.4 Å². The number of nitrogens with zero attached hydrogens (tertiary/aromatic N) is 4. The maximum atomic E-state index is 13.8. The molecule has 0 atom stereocenters. The third-order valence-electron chi connectivity index (χ3n) is 5.63. The Hall–Kier alpha value is -4.72. The second-order valence-corrected chi connectivity index (χ2v) is 7.95. The van der Waals surface area contributed by atoms with E-state index in [9.17, 15) is 9.59 Å². The topological polar surface area (TPSA) is 96.1 Å². The standard InChI is InChI=1S/C26H18N4O4/c1-15-11-13-21(33-15)23-27-17-7-3-5-9-19(17)29(23)25(31)26(32)30-20-10-6-4-8-18(20)28-24(30)22-14-12-16(2)34-22/h3-14H,1-2H3. The quantitative estimate of drug-likeness (QED) is 0.323. The van der Waals surface area contributed by atoms with E-state index in [2.05, 4.69) is 9.97 Å². The van der Waals surface area contributed by atoms with Gasteiger partial charge in [-0.15, -0.1) is 0 Å². The molecule has 0 unspecified atom stereocenters. The first kappa shape index (κ1) is 19.9. The Morgan fingerprint density at radius 1 is 0.618 bits per heavy atom. The molecule has 0 saturated carbocycles. The number of hydrogen-bond acceptors (Lipinski definition) is 6. The fourth-order valence-electron chi connectivity index (χ4n) is 4.09. The average molecular weight is 450 g/mol. The Bertz CT molecular complexity index is 1600. The van der Waals surface area contributed by atoms with Crippen LogP contribution in [0.5, 0.6) is 0 Å². The minimum atomic E-state index is -0.787. The van der Waals surface area contributed by atoms with Crippen LogP contribution in [-0.2, 0) is 0 Å². The molecular formula is C26H18N4O4. The van der Waals surface area contributed by atoms with Gasteiger partial charge in [0.1, 0.15) is 11.5 Å². The lowest BCUT2D eigenvalue weighted by Gasteiger charge is -2.09. The van der Waals surface area contributed by atoms with Gasteiger partial charge >= 0.3 is 11.8 Å². The highest BCUT2D eigenvalue weighted by Crippen LogP contribution is 2.29. The van der Waals surface area contributed by atoms with Gasteiger partial charge in [-0.05, 0) is 62.4 Å². The monoisotopic (exact) mass is 450 g/mol. The maximum absolute atomic E-state index is 13.8. The van der Waals surface area contributed by atoms with Crippen LogP contribution in [0.1, 0.15) is 21.1 Å². The molecule has 0 N–H and O–H groups in total. The lowest BCUT2D eigenvalue weighted by Crippen LogP contribution is -2.28. The van der Waals surface area contributed by atoms with Crippen molar-refractivity contribution >= 4 is 33.9 Å². The summed E-state index contributed by atoms with van der Waals surface area (Å²) in [5, 5.41) is 0. The van der Waals surface area contributed by atoms with Crippen molar-refractivity contribution in [2.45, 2.75) is 13.8 Å². The van der Waals surface area contributed by atoms with E-state index in [1.54, 1.807) is 74.5 Å². The van der Waals surface area contributed by atoms with Crippen LogP contribution in [0.2, 0.25) is 0 Å². The Kier molecular flexibility index (Phi) is 4.35. The molecule has 34 heavy (non-hydrogen) atoms. The van der Waals surface area contributed by atoms with Gasteiger partial charge < -0.3 is 8.83 Å². The Balaban J connectivity index is 1.57. The summed E-state index contributed by atoms with van der Waals surface area (Å²) in [6.45, 7) is 3.61. The molecule has 166 valence electrons. The molecule has 0 aliphatic heterocycles. The van der Waals surface area contributed by atoms with E-state index in [-0.39, 0.29) is 11.6 Å². The third kappa shape index (κ3) is 3.00. The molecule has 6 rings (SSSR count). The highest BCUT2D eigenvalue weighted by Gasteiger charge is 2.30. The summed E-state index contributed by atoms with van der Waals surface area (Å²) in [6.07, 6.45) is 0. The number of carbonyl (C=O) groups excluding carboxylic acids is 2. The first-order chi connectivity index (χ1) is 16.5. The summed E-state index contributed by atoms with van der Waals surface area (Å²) >= 11 is 0. The van der Waals surface area contributed by atoms with Crippen molar-refractivity contribution in [2.75, 3.05) is 0 Å². The summed E-state index contributed by atoms with van der Waals surface area (Å²) in [5.41, 5.74) is 2.16. The Morgan fingerprint density at radius 2 is 1.03 bits per heavy atom. The van der Waals surface area contributed by atoms with Crippen molar-refractivity contribution in [3.05, 3.63) is 84.3 Å². The molecular weight excluding hydrogens is 432 g/mol. The predicted molar refractivity (Wildman–Crippen MR) is 126 cm³/mol. The molecule has 6 aromatic rings. The summed E-state index contributed by atoms with van der Waals surface area (Å²) in [5.74, 6) is 1.07. The lowest BCUT2D eigenvalue weighted by atomic mass is 10.3. The number of hydrogen-bond donors (Lipinski definition) is 0. The molecule has 0 amide bonds. The van der Waals surface area contributed by atoms with E-state index < -0.39 is 11.8 Å². The van der Waals surface area contributed by atoms with Gasteiger partial charge in [0.05, 0.1) is 22.1 Å². The number of para-hydroxylation sites is 4. The molecule has 0 saturated heterocycles. The largest absolute Gasteiger partial charge is 0.458 e. The van der Waals surface area contributed by atoms with Gasteiger partial charge in [0.25, 0.3) is 0 Å². The van der Waals surface area contributed by atoms with Crippen LogP contribution in [0, 0.1) is 13.8 Å². The molecule has 0 spiro atoms. The number of fused-ring (bicyclic) bond motifs is 2. The maximum Gasteiger partial charge on any atom is 0.323 e. The van der Waals surface area contributed by atoms with Crippen molar-refractivity contribution in [3.63, 3.8) is 0 Å². The van der Waals surface area contributed by atoms with Gasteiger partial charge in [0.2, 0.25) is 0 Å². The summed E-state index contributed by atoms with van der Waals surface area (Å²) in [4.78, 5) is 36.8. The fourth-order valence-corrected chi connectivity index (χ4v) is 4.09. The normalized spacial score (nSPS) is 11.5. The number of benzene rings is 2. The first-order valence-electron chi connectivity index (χ1n) is 10.7. The molecule has 8 nitrogen and oxygen atoms in total. The zero-order chi connectivity index (χ0) is 23.4. The summed E-state index contributed by atoms with van der Waals surface area (Å²) < 4.78 is 14.1. The van der Waals surface area contributed by atoms with Crippen molar-refractivity contribution in [2.24, 2.45) is 0 Å². The van der Waals surface area contributed by atoms with E-state index in [0.717, 1.165) is 0 Å². The highest BCUT2D eigenvalue weighted by atomic mass is 16.3. The molecule has 0 fully saturated rings. The Morgan fingerprint density at radius 3 is 1.41 bits per heavy atom. The fraction of sp³-hybridized carbons (Fsp3) is 0.0769. The number of aryl methyl sites for hydroxylation is 2. The molecule has 8 heteroatoms. The van der Waals surface area contributed by atoms with E-state index in [0.29, 0.717) is 45.1 Å². The van der Waals surface area contributed by atoms with Gasteiger partial charge in [-0.2, -0.15) is 0 Å². The number of rotatable bonds is 2. The van der Waals surface area contributed by atoms with Crippen LogP contribution in [0.25, 0.3) is 45.2 Å². The van der Waals surface area contributed by atoms with Crippen molar-refractivity contribution in [1.29, 1.82) is 0 Å². The van der Waals surface area contributed by atoms with Gasteiger partial charge in [0.15, 0.2) is 23.2 Å². The second-order valence-electron chi connectivity index (χ2n) is 7.95. The summed E-state index contributed by atoms with van der Waals surface area (Å²) in [7, 11) is 0. The molecule has 4 aromatic heterocycles. The minimum absolute atomic E-state index is 0.257. The highest BCUT2D eigenvalue weighted by molar-refractivity contribution is 6.40. The molecule has 0 aliphatic rings. The molecule has 0 radical (unpaired) electrons. The second kappa shape index (κ2) is 7.41. The molecule has 0 aliphatic carbocycles. The van der Waals surface area contributed by atoms with Gasteiger partial charge in [-0.25, -0.2) is 9.97 Å². The zero-order valence-electron chi connectivity index (χ0n) is 18.4. The van der Waals surface area contributed by atoms with Crippen LogP contribution in [-0.4, -0.2) is 30.9 Å². The minimum Gasteiger partial charge on any atom is -0.458 e.